The summed E-state index contributed by atoms with van der Waals surface area (Å²) in [5.74, 6) is 0.00979. The predicted molar refractivity (Wildman–Crippen MR) is 84.6 cm³/mol. The summed E-state index contributed by atoms with van der Waals surface area (Å²) in [6.07, 6.45) is 0.368. The summed E-state index contributed by atoms with van der Waals surface area (Å²) in [5.41, 5.74) is 4.36. The number of hydrogen-bond acceptors (Lipinski definition) is 2. The minimum Gasteiger partial charge on any atom is -0.354 e. The monoisotopic (exact) mass is 305 g/mol. The molecule has 1 heterocycles. The number of nitrogens with one attached hydrogen (secondary N) is 1. The second-order valence-corrected chi connectivity index (χ2v) is 5.61. The predicted octanol–water partition coefficient (Wildman–Crippen LogP) is 2.82. The number of halogens is 1. The van der Waals surface area contributed by atoms with Crippen LogP contribution in [-0.4, -0.2) is 22.2 Å². The minimum absolute atomic E-state index is 0.00979. The zero-order chi connectivity index (χ0) is 15.4. The van der Waals surface area contributed by atoms with E-state index in [4.69, 9.17) is 11.6 Å². The molecule has 1 amide bonds. The molecular weight excluding hydrogens is 286 g/mol. The third kappa shape index (κ3) is 4.08. The van der Waals surface area contributed by atoms with Crippen LogP contribution < -0.4 is 5.32 Å². The molecule has 1 N–H and O–H groups in total. The Kier molecular flexibility index (Phi) is 5.02. The van der Waals surface area contributed by atoms with Crippen molar-refractivity contribution in [3.63, 3.8) is 0 Å². The molecule has 1 aromatic carbocycles. The van der Waals surface area contributed by atoms with Crippen molar-refractivity contribution in [2.24, 2.45) is 0 Å². The summed E-state index contributed by atoms with van der Waals surface area (Å²) in [7, 11) is 0. The van der Waals surface area contributed by atoms with Gasteiger partial charge in [0.25, 0.3) is 0 Å². The smallest absolute Gasteiger partial charge is 0.224 e. The van der Waals surface area contributed by atoms with Crippen LogP contribution in [0.4, 0.5) is 0 Å². The van der Waals surface area contributed by atoms with Crippen molar-refractivity contribution in [2.45, 2.75) is 33.7 Å². The Labute approximate surface area is 130 Å². The number of nitrogens with zero attached hydrogens (tertiary/aromatic N) is 2. The Morgan fingerprint density at radius 1 is 1.24 bits per heavy atom. The lowest BCUT2D eigenvalue weighted by Crippen LogP contribution is -2.29. The standard InChI is InChI=1S/C16H20ClN3O/c1-11-12(2)19-20(13(11)3)9-8-18-16(21)10-14-4-6-15(17)7-5-14/h4-7H,8-10H2,1-3H3,(H,18,21). The van der Waals surface area contributed by atoms with Gasteiger partial charge >= 0.3 is 0 Å². The molecule has 0 fully saturated rings. The van der Waals surface area contributed by atoms with Gasteiger partial charge in [0.15, 0.2) is 0 Å². The summed E-state index contributed by atoms with van der Waals surface area (Å²) in [6.45, 7) is 7.37. The van der Waals surface area contributed by atoms with E-state index in [0.29, 0.717) is 24.5 Å². The molecule has 4 nitrogen and oxygen atoms in total. The molecule has 2 aromatic rings. The number of benzene rings is 1. The fraction of sp³-hybridized carbons (Fsp3) is 0.375. The van der Waals surface area contributed by atoms with Gasteiger partial charge in [-0.3, -0.25) is 9.48 Å². The second kappa shape index (κ2) is 6.76. The van der Waals surface area contributed by atoms with Gasteiger partial charge in [-0.2, -0.15) is 5.10 Å². The Hall–Kier alpha value is -1.81. The maximum atomic E-state index is 11.9. The Morgan fingerprint density at radius 2 is 1.90 bits per heavy atom. The van der Waals surface area contributed by atoms with E-state index in [1.54, 1.807) is 12.1 Å². The van der Waals surface area contributed by atoms with Crippen LogP contribution in [0.15, 0.2) is 24.3 Å². The van der Waals surface area contributed by atoms with E-state index in [0.717, 1.165) is 17.0 Å². The molecule has 0 spiro atoms. The van der Waals surface area contributed by atoms with Gasteiger partial charge in [-0.15, -0.1) is 0 Å². The van der Waals surface area contributed by atoms with Crippen molar-refractivity contribution in [3.05, 3.63) is 51.8 Å². The normalized spacial score (nSPS) is 10.7. The first-order chi connectivity index (χ1) is 9.97. The number of amides is 1. The molecule has 112 valence electrons. The second-order valence-electron chi connectivity index (χ2n) is 5.17. The van der Waals surface area contributed by atoms with Crippen molar-refractivity contribution in [1.29, 1.82) is 0 Å². The van der Waals surface area contributed by atoms with Gasteiger partial charge in [0, 0.05) is 17.3 Å². The Balaban J connectivity index is 1.81. The molecule has 0 aliphatic carbocycles. The highest BCUT2D eigenvalue weighted by Crippen LogP contribution is 2.11. The molecule has 0 saturated carbocycles. The summed E-state index contributed by atoms with van der Waals surface area (Å²) in [5, 5.41) is 8.05. The van der Waals surface area contributed by atoms with E-state index >= 15 is 0 Å². The first-order valence-electron chi connectivity index (χ1n) is 6.99. The molecule has 0 radical (unpaired) electrons. The summed E-state index contributed by atoms with van der Waals surface area (Å²) in [4.78, 5) is 11.9. The minimum atomic E-state index is 0.00979. The largest absolute Gasteiger partial charge is 0.354 e. The van der Waals surface area contributed by atoms with Crippen LogP contribution in [0.2, 0.25) is 5.02 Å². The van der Waals surface area contributed by atoms with Gasteiger partial charge in [0.05, 0.1) is 18.7 Å². The van der Waals surface area contributed by atoms with Crippen LogP contribution in [0.5, 0.6) is 0 Å². The van der Waals surface area contributed by atoms with Gasteiger partial charge in [-0.25, -0.2) is 0 Å². The molecule has 0 unspecified atom stereocenters. The van der Waals surface area contributed by atoms with Crippen LogP contribution >= 0.6 is 11.6 Å². The molecule has 0 bridgehead atoms. The van der Waals surface area contributed by atoms with Crippen LogP contribution in [0, 0.1) is 20.8 Å². The molecule has 0 aliphatic heterocycles. The first-order valence-corrected chi connectivity index (χ1v) is 7.37. The number of carbonyl (C=O) groups is 1. The van der Waals surface area contributed by atoms with Gasteiger partial charge < -0.3 is 5.32 Å². The molecule has 0 aliphatic rings. The van der Waals surface area contributed by atoms with E-state index in [-0.39, 0.29) is 5.91 Å². The zero-order valence-corrected chi connectivity index (χ0v) is 13.4. The lowest BCUT2D eigenvalue weighted by molar-refractivity contribution is -0.120. The third-order valence-corrected chi connectivity index (χ3v) is 3.92. The SMILES string of the molecule is Cc1nn(CCNC(=O)Cc2ccc(Cl)cc2)c(C)c1C. The topological polar surface area (TPSA) is 46.9 Å². The Bertz CT molecular complexity index is 632. The van der Waals surface area contributed by atoms with Crippen molar-refractivity contribution in [1.82, 2.24) is 15.1 Å². The van der Waals surface area contributed by atoms with E-state index in [1.165, 1.54) is 5.56 Å². The molecule has 21 heavy (non-hydrogen) atoms. The van der Waals surface area contributed by atoms with Crippen molar-refractivity contribution >= 4 is 17.5 Å². The molecule has 0 atom stereocenters. The van der Waals surface area contributed by atoms with Gasteiger partial charge in [-0.05, 0) is 44.0 Å². The Morgan fingerprint density at radius 3 is 2.48 bits per heavy atom. The summed E-state index contributed by atoms with van der Waals surface area (Å²) < 4.78 is 1.94. The van der Waals surface area contributed by atoms with Crippen LogP contribution in [0.1, 0.15) is 22.5 Å². The lowest BCUT2D eigenvalue weighted by atomic mass is 10.1. The van der Waals surface area contributed by atoms with Crippen LogP contribution in [0.3, 0.4) is 0 Å². The highest BCUT2D eigenvalue weighted by Gasteiger charge is 2.07. The highest BCUT2D eigenvalue weighted by molar-refractivity contribution is 6.30. The van der Waals surface area contributed by atoms with E-state index in [2.05, 4.69) is 17.3 Å². The van der Waals surface area contributed by atoms with Crippen LogP contribution in [0.25, 0.3) is 0 Å². The van der Waals surface area contributed by atoms with Crippen molar-refractivity contribution in [3.8, 4) is 0 Å². The van der Waals surface area contributed by atoms with Crippen LogP contribution in [-0.2, 0) is 17.8 Å². The quantitative estimate of drug-likeness (QED) is 0.923. The number of aromatic nitrogens is 2. The summed E-state index contributed by atoms with van der Waals surface area (Å²) in [6, 6.07) is 7.32. The maximum Gasteiger partial charge on any atom is 0.224 e. The maximum absolute atomic E-state index is 11.9. The molecule has 2 rings (SSSR count). The number of aryl methyl sites for hydroxylation is 1. The number of hydrogen-bond donors (Lipinski definition) is 1. The molecule has 0 saturated heterocycles. The van der Waals surface area contributed by atoms with Crippen molar-refractivity contribution in [2.75, 3.05) is 6.54 Å². The van der Waals surface area contributed by atoms with E-state index < -0.39 is 0 Å². The average Bonchev–Trinajstić information content (AvgIpc) is 2.69. The molecular formula is C16H20ClN3O. The van der Waals surface area contributed by atoms with E-state index in [1.807, 2.05) is 30.7 Å². The lowest BCUT2D eigenvalue weighted by Gasteiger charge is -2.07. The van der Waals surface area contributed by atoms with Gasteiger partial charge in [-0.1, -0.05) is 23.7 Å². The highest BCUT2D eigenvalue weighted by atomic mass is 35.5. The molecule has 1 aromatic heterocycles. The molecule has 5 heteroatoms. The zero-order valence-electron chi connectivity index (χ0n) is 12.6. The number of carbonyl (C=O) groups excluding carboxylic acids is 1. The van der Waals surface area contributed by atoms with Gasteiger partial charge in [0.2, 0.25) is 5.91 Å². The first kappa shape index (κ1) is 15.6. The van der Waals surface area contributed by atoms with Crippen molar-refractivity contribution < 1.29 is 4.79 Å². The third-order valence-electron chi connectivity index (χ3n) is 3.67. The fourth-order valence-electron chi connectivity index (χ4n) is 2.16. The fourth-order valence-corrected chi connectivity index (χ4v) is 2.28. The van der Waals surface area contributed by atoms with Gasteiger partial charge in [0.1, 0.15) is 0 Å². The summed E-state index contributed by atoms with van der Waals surface area (Å²) >= 11 is 5.82. The average molecular weight is 306 g/mol. The van der Waals surface area contributed by atoms with E-state index in [9.17, 15) is 4.79 Å². The number of rotatable bonds is 5.